The summed E-state index contributed by atoms with van der Waals surface area (Å²) < 4.78 is 26.9. The lowest BCUT2D eigenvalue weighted by Gasteiger charge is -2.07. The van der Waals surface area contributed by atoms with E-state index in [9.17, 15) is 8.42 Å². The van der Waals surface area contributed by atoms with Gasteiger partial charge in [0.05, 0.1) is 0 Å². The third kappa shape index (κ3) is 2.94. The minimum atomic E-state index is -3.61. The molecule has 108 valence electrons. The van der Waals surface area contributed by atoms with Gasteiger partial charge in [-0.2, -0.15) is 0 Å². The molecule has 0 aliphatic rings. The maximum absolute atomic E-state index is 12.2. The van der Waals surface area contributed by atoms with E-state index in [0.29, 0.717) is 5.01 Å². The van der Waals surface area contributed by atoms with Gasteiger partial charge in [-0.15, -0.1) is 10.2 Å². The number of nitrogens with zero attached hydrogens (tertiary/aromatic N) is 2. The molecule has 3 aromatic rings. The predicted molar refractivity (Wildman–Crippen MR) is 82.6 cm³/mol. The van der Waals surface area contributed by atoms with Crippen LogP contribution >= 0.6 is 11.3 Å². The lowest BCUT2D eigenvalue weighted by atomic mass is 10.1. The average Bonchev–Trinajstić information content (AvgIpc) is 2.93. The topological polar surface area (TPSA) is 72.0 Å². The lowest BCUT2D eigenvalue weighted by Crippen LogP contribution is -2.23. The fourth-order valence-corrected chi connectivity index (χ4v) is 4.08. The van der Waals surface area contributed by atoms with Crippen molar-refractivity contribution in [2.45, 2.75) is 17.8 Å². The summed E-state index contributed by atoms with van der Waals surface area (Å²) in [5, 5.41) is 10.2. The summed E-state index contributed by atoms with van der Waals surface area (Å²) in [6.45, 7) is 1.95. The van der Waals surface area contributed by atoms with E-state index in [1.54, 1.807) is 6.92 Å². The van der Waals surface area contributed by atoms with Crippen LogP contribution in [0, 0.1) is 6.92 Å². The SMILES string of the molecule is Cc1nnc(S(=O)(=O)NCc2cccc3ccccc23)s1. The minimum Gasteiger partial charge on any atom is -0.205 e. The molecule has 5 nitrogen and oxygen atoms in total. The van der Waals surface area contributed by atoms with Gasteiger partial charge in [-0.05, 0) is 23.3 Å². The molecule has 0 atom stereocenters. The molecular weight excluding hydrogens is 306 g/mol. The predicted octanol–water partition coefficient (Wildman–Crippen LogP) is 2.48. The van der Waals surface area contributed by atoms with Crippen LogP contribution in [0.15, 0.2) is 46.8 Å². The Bertz CT molecular complexity index is 883. The molecule has 3 rings (SSSR count). The van der Waals surface area contributed by atoms with E-state index in [1.165, 1.54) is 0 Å². The van der Waals surface area contributed by atoms with E-state index < -0.39 is 10.0 Å². The fourth-order valence-electron chi connectivity index (χ4n) is 2.07. The monoisotopic (exact) mass is 319 g/mol. The van der Waals surface area contributed by atoms with Crippen LogP contribution in [0.3, 0.4) is 0 Å². The number of rotatable bonds is 4. The molecule has 2 aromatic carbocycles. The second-order valence-electron chi connectivity index (χ2n) is 4.55. The summed E-state index contributed by atoms with van der Waals surface area (Å²) >= 11 is 1.06. The number of benzene rings is 2. The Hall–Kier alpha value is -1.83. The molecule has 0 spiro atoms. The summed E-state index contributed by atoms with van der Waals surface area (Å²) in [5.74, 6) is 0. The van der Waals surface area contributed by atoms with Gasteiger partial charge >= 0.3 is 0 Å². The standard InChI is InChI=1S/C14H13N3O2S2/c1-10-16-17-14(20-10)21(18,19)15-9-12-7-4-6-11-5-2-3-8-13(11)12/h2-8,15H,9H2,1H3. The normalized spacial score (nSPS) is 11.9. The Labute approximate surface area is 126 Å². The van der Waals surface area contributed by atoms with Crippen LogP contribution in [0.25, 0.3) is 10.8 Å². The first-order chi connectivity index (χ1) is 10.1. The van der Waals surface area contributed by atoms with Gasteiger partial charge in [0.2, 0.25) is 4.34 Å². The zero-order valence-electron chi connectivity index (χ0n) is 11.3. The number of fused-ring (bicyclic) bond motifs is 1. The molecular formula is C14H13N3O2S2. The van der Waals surface area contributed by atoms with Gasteiger partial charge in [-0.25, -0.2) is 13.1 Å². The van der Waals surface area contributed by atoms with Crippen LogP contribution in [0.4, 0.5) is 0 Å². The van der Waals surface area contributed by atoms with Crippen LogP contribution < -0.4 is 4.72 Å². The van der Waals surface area contributed by atoms with E-state index in [0.717, 1.165) is 27.7 Å². The highest BCUT2D eigenvalue weighted by atomic mass is 32.2. The number of nitrogens with one attached hydrogen (secondary N) is 1. The third-order valence-corrected chi connectivity index (χ3v) is 5.68. The molecule has 0 amide bonds. The highest BCUT2D eigenvalue weighted by Crippen LogP contribution is 2.19. The molecule has 0 saturated carbocycles. The fraction of sp³-hybridized carbons (Fsp3) is 0.143. The summed E-state index contributed by atoms with van der Waals surface area (Å²) in [6, 6.07) is 13.7. The van der Waals surface area contributed by atoms with Crippen molar-refractivity contribution in [1.29, 1.82) is 0 Å². The van der Waals surface area contributed by atoms with Crippen LogP contribution in [-0.2, 0) is 16.6 Å². The zero-order valence-corrected chi connectivity index (χ0v) is 12.9. The van der Waals surface area contributed by atoms with Crippen LogP contribution in [0.5, 0.6) is 0 Å². The van der Waals surface area contributed by atoms with Crippen molar-refractivity contribution >= 4 is 32.1 Å². The first kappa shape index (κ1) is 14.1. The number of sulfonamides is 1. The van der Waals surface area contributed by atoms with Gasteiger partial charge in [0.25, 0.3) is 10.0 Å². The van der Waals surface area contributed by atoms with Crippen LogP contribution in [0.2, 0.25) is 0 Å². The minimum absolute atomic E-state index is 0.000219. The van der Waals surface area contributed by atoms with Crippen molar-refractivity contribution < 1.29 is 8.42 Å². The Morgan fingerprint density at radius 1 is 1.10 bits per heavy atom. The third-order valence-electron chi connectivity index (χ3n) is 3.07. The van der Waals surface area contributed by atoms with Crippen LogP contribution in [0.1, 0.15) is 10.6 Å². The Morgan fingerprint density at radius 2 is 1.86 bits per heavy atom. The molecule has 1 heterocycles. The van der Waals surface area contributed by atoms with Gasteiger partial charge in [-0.1, -0.05) is 53.8 Å². The van der Waals surface area contributed by atoms with Crippen molar-refractivity contribution in [3.05, 3.63) is 53.0 Å². The van der Waals surface area contributed by atoms with E-state index in [2.05, 4.69) is 14.9 Å². The highest BCUT2D eigenvalue weighted by Gasteiger charge is 2.19. The molecule has 0 unspecified atom stereocenters. The Morgan fingerprint density at radius 3 is 2.62 bits per heavy atom. The maximum Gasteiger partial charge on any atom is 0.270 e. The van der Waals surface area contributed by atoms with Gasteiger partial charge in [-0.3, -0.25) is 0 Å². The first-order valence-corrected chi connectivity index (χ1v) is 8.63. The van der Waals surface area contributed by atoms with Gasteiger partial charge in [0, 0.05) is 6.54 Å². The van der Waals surface area contributed by atoms with Gasteiger partial charge < -0.3 is 0 Å². The van der Waals surface area contributed by atoms with E-state index in [-0.39, 0.29) is 10.9 Å². The summed E-state index contributed by atoms with van der Waals surface area (Å²) in [5.41, 5.74) is 0.929. The molecule has 0 radical (unpaired) electrons. The van der Waals surface area contributed by atoms with Gasteiger partial charge in [0.15, 0.2) is 0 Å². The highest BCUT2D eigenvalue weighted by molar-refractivity contribution is 7.91. The zero-order chi connectivity index (χ0) is 14.9. The second-order valence-corrected chi connectivity index (χ2v) is 7.67. The molecule has 0 aliphatic carbocycles. The second kappa shape index (κ2) is 5.51. The molecule has 0 saturated heterocycles. The molecule has 0 bridgehead atoms. The van der Waals surface area contributed by atoms with Crippen molar-refractivity contribution in [2.24, 2.45) is 0 Å². The Kier molecular flexibility index (Phi) is 3.71. The summed E-state index contributed by atoms with van der Waals surface area (Å²) in [6.07, 6.45) is 0. The molecule has 1 N–H and O–H groups in total. The van der Waals surface area contributed by atoms with E-state index >= 15 is 0 Å². The largest absolute Gasteiger partial charge is 0.270 e. The van der Waals surface area contributed by atoms with Crippen molar-refractivity contribution in [3.8, 4) is 0 Å². The molecule has 0 fully saturated rings. The van der Waals surface area contributed by atoms with E-state index in [1.807, 2.05) is 42.5 Å². The summed E-state index contributed by atoms with van der Waals surface area (Å²) in [7, 11) is -3.61. The number of aromatic nitrogens is 2. The maximum atomic E-state index is 12.2. The Balaban J connectivity index is 1.87. The summed E-state index contributed by atoms with van der Waals surface area (Å²) in [4.78, 5) is 0. The van der Waals surface area contributed by atoms with E-state index in [4.69, 9.17) is 0 Å². The van der Waals surface area contributed by atoms with Gasteiger partial charge in [0.1, 0.15) is 5.01 Å². The van der Waals surface area contributed by atoms with Crippen LogP contribution in [-0.4, -0.2) is 18.6 Å². The number of hydrogen-bond acceptors (Lipinski definition) is 5. The molecule has 21 heavy (non-hydrogen) atoms. The van der Waals surface area contributed by atoms with Crippen molar-refractivity contribution in [1.82, 2.24) is 14.9 Å². The quantitative estimate of drug-likeness (QED) is 0.802. The van der Waals surface area contributed by atoms with Crippen molar-refractivity contribution in [2.75, 3.05) is 0 Å². The molecule has 7 heteroatoms. The lowest BCUT2D eigenvalue weighted by molar-refractivity contribution is 0.579. The average molecular weight is 319 g/mol. The molecule has 0 aliphatic heterocycles. The first-order valence-electron chi connectivity index (χ1n) is 6.33. The molecule has 1 aromatic heterocycles. The number of aryl methyl sites for hydroxylation is 1. The number of hydrogen-bond donors (Lipinski definition) is 1. The van der Waals surface area contributed by atoms with Crippen molar-refractivity contribution in [3.63, 3.8) is 0 Å². The smallest absolute Gasteiger partial charge is 0.205 e.